The molecule has 15 heteroatoms. The smallest absolute Gasteiger partial charge is 0.326 e. The van der Waals surface area contributed by atoms with Crippen LogP contribution >= 0.6 is 12.6 Å². The van der Waals surface area contributed by atoms with E-state index in [-0.39, 0.29) is 49.9 Å². The van der Waals surface area contributed by atoms with Crippen LogP contribution in [-0.4, -0.2) is 77.1 Å². The molecule has 35 heavy (non-hydrogen) atoms. The van der Waals surface area contributed by atoms with E-state index in [0.717, 1.165) is 0 Å². The van der Waals surface area contributed by atoms with Crippen LogP contribution in [0.1, 0.15) is 46.0 Å². The molecule has 0 saturated heterocycles. The Morgan fingerprint density at radius 1 is 0.943 bits per heavy atom. The number of carboxylic acid groups (broad SMARTS) is 1. The normalized spacial score (nSPS) is 15.0. The zero-order valence-electron chi connectivity index (χ0n) is 20.0. The second-order valence-electron chi connectivity index (χ2n) is 8.08. The molecule has 0 aromatic rings. The van der Waals surface area contributed by atoms with Gasteiger partial charge in [-0.1, -0.05) is 20.3 Å². The van der Waals surface area contributed by atoms with Gasteiger partial charge in [0.25, 0.3) is 0 Å². The molecule has 0 radical (unpaired) electrons. The van der Waals surface area contributed by atoms with Crippen molar-refractivity contribution in [3.8, 4) is 0 Å². The van der Waals surface area contributed by atoms with Crippen LogP contribution in [0.25, 0.3) is 0 Å². The SMILES string of the molecule is CCC(C)C(NC(=O)C(CCCN=C(N)N)NC(=O)C(CCC(N)=O)NC(=O)C(N)CS)C(=O)O. The van der Waals surface area contributed by atoms with Crippen molar-refractivity contribution in [1.82, 2.24) is 16.0 Å². The molecular weight excluding hydrogens is 480 g/mol. The molecule has 5 unspecified atom stereocenters. The molecule has 0 aromatic carbocycles. The van der Waals surface area contributed by atoms with Gasteiger partial charge < -0.3 is 44.0 Å². The molecule has 0 heterocycles. The highest BCUT2D eigenvalue weighted by atomic mass is 32.1. The maximum Gasteiger partial charge on any atom is 0.326 e. The van der Waals surface area contributed by atoms with Crippen molar-refractivity contribution in [3.63, 3.8) is 0 Å². The molecule has 0 rings (SSSR count). The van der Waals surface area contributed by atoms with Crippen LogP contribution in [0.4, 0.5) is 0 Å². The molecule has 0 saturated carbocycles. The summed E-state index contributed by atoms with van der Waals surface area (Å²) in [5.74, 6) is -4.61. The molecule has 0 aliphatic heterocycles. The van der Waals surface area contributed by atoms with Gasteiger partial charge >= 0.3 is 5.97 Å². The number of hydrogen-bond donors (Lipinski definition) is 9. The average Bonchev–Trinajstić information content (AvgIpc) is 2.79. The van der Waals surface area contributed by atoms with Crippen LogP contribution in [-0.2, 0) is 24.0 Å². The number of rotatable bonds is 17. The Bertz CT molecular complexity index is 777. The van der Waals surface area contributed by atoms with Gasteiger partial charge in [0.05, 0.1) is 6.04 Å². The van der Waals surface area contributed by atoms with Gasteiger partial charge in [0.2, 0.25) is 23.6 Å². The summed E-state index contributed by atoms with van der Waals surface area (Å²) in [4.78, 5) is 64.8. The highest BCUT2D eigenvalue weighted by Gasteiger charge is 2.31. The summed E-state index contributed by atoms with van der Waals surface area (Å²) < 4.78 is 0. The fourth-order valence-electron chi connectivity index (χ4n) is 2.90. The Kier molecular flexibility index (Phi) is 15.1. The number of carboxylic acids is 1. The van der Waals surface area contributed by atoms with Crippen LogP contribution < -0.4 is 38.9 Å². The van der Waals surface area contributed by atoms with Crippen LogP contribution in [0.3, 0.4) is 0 Å². The van der Waals surface area contributed by atoms with Crippen molar-refractivity contribution >= 4 is 48.2 Å². The summed E-state index contributed by atoms with van der Waals surface area (Å²) in [6.07, 6.45) is 0.476. The van der Waals surface area contributed by atoms with Gasteiger partial charge in [0, 0.05) is 18.7 Å². The van der Waals surface area contributed by atoms with Gasteiger partial charge in [-0.25, -0.2) is 4.79 Å². The van der Waals surface area contributed by atoms with E-state index in [2.05, 4.69) is 33.6 Å². The highest BCUT2D eigenvalue weighted by molar-refractivity contribution is 7.80. The first-order valence-corrected chi connectivity index (χ1v) is 11.8. The van der Waals surface area contributed by atoms with Crippen molar-refractivity contribution < 1.29 is 29.1 Å². The fourth-order valence-corrected chi connectivity index (χ4v) is 3.06. The highest BCUT2D eigenvalue weighted by Crippen LogP contribution is 2.10. The predicted octanol–water partition coefficient (Wildman–Crippen LogP) is -2.85. The van der Waals surface area contributed by atoms with Crippen molar-refractivity contribution in [1.29, 1.82) is 0 Å². The topological polar surface area (TPSA) is 258 Å². The number of thiol groups is 1. The molecule has 0 aliphatic rings. The van der Waals surface area contributed by atoms with E-state index in [0.29, 0.717) is 6.42 Å². The average molecular weight is 519 g/mol. The summed E-state index contributed by atoms with van der Waals surface area (Å²) >= 11 is 3.94. The Morgan fingerprint density at radius 2 is 1.49 bits per heavy atom. The van der Waals surface area contributed by atoms with Crippen molar-refractivity contribution in [2.75, 3.05) is 12.3 Å². The maximum absolute atomic E-state index is 13.0. The second kappa shape index (κ2) is 16.5. The lowest BCUT2D eigenvalue weighted by Gasteiger charge is -2.26. The van der Waals surface area contributed by atoms with E-state index in [4.69, 9.17) is 22.9 Å². The zero-order valence-corrected chi connectivity index (χ0v) is 20.9. The number of primary amides is 1. The van der Waals surface area contributed by atoms with E-state index in [9.17, 15) is 29.1 Å². The number of nitrogens with one attached hydrogen (secondary N) is 3. The summed E-state index contributed by atoms with van der Waals surface area (Å²) in [5.41, 5.74) is 21.4. The molecule has 0 aliphatic carbocycles. The number of nitrogens with zero attached hydrogens (tertiary/aromatic N) is 1. The zero-order chi connectivity index (χ0) is 27.1. The molecule has 0 fully saturated rings. The molecule has 5 atom stereocenters. The van der Waals surface area contributed by atoms with E-state index in [1.54, 1.807) is 13.8 Å². The van der Waals surface area contributed by atoms with E-state index < -0.39 is 53.8 Å². The number of hydrogen-bond acceptors (Lipinski definition) is 8. The minimum absolute atomic E-state index is 0.0119. The van der Waals surface area contributed by atoms with Crippen molar-refractivity contribution in [2.24, 2.45) is 33.8 Å². The lowest BCUT2D eigenvalue weighted by Crippen LogP contribution is -2.58. The summed E-state index contributed by atoms with van der Waals surface area (Å²) in [6.45, 7) is 3.61. The summed E-state index contributed by atoms with van der Waals surface area (Å²) in [7, 11) is 0. The molecule has 4 amide bonds. The summed E-state index contributed by atoms with van der Waals surface area (Å²) in [5, 5.41) is 16.9. The van der Waals surface area contributed by atoms with Gasteiger partial charge in [-0.2, -0.15) is 12.6 Å². The molecule has 0 spiro atoms. The largest absolute Gasteiger partial charge is 0.480 e. The van der Waals surface area contributed by atoms with Gasteiger partial charge in [-0.3, -0.25) is 24.2 Å². The lowest BCUT2D eigenvalue weighted by atomic mass is 9.98. The van der Waals surface area contributed by atoms with E-state index in [1.165, 1.54) is 0 Å². The van der Waals surface area contributed by atoms with Crippen molar-refractivity contribution in [2.45, 2.75) is 70.1 Å². The standard InChI is InChI=1S/C20H38N8O6S/c1-3-10(2)15(19(33)34)28-18(32)12(5-4-8-25-20(23)24)27-17(31)13(6-7-14(22)29)26-16(30)11(21)9-35/h10-13,15,35H,3-9,21H2,1-2H3,(H2,22,29)(H,26,30)(H,27,31)(H,28,32)(H,33,34)(H4,23,24,25). The Hall–Kier alpha value is -3.07. The first-order chi connectivity index (χ1) is 16.3. The summed E-state index contributed by atoms with van der Waals surface area (Å²) in [6, 6.07) is -4.58. The first kappa shape index (κ1) is 31.9. The predicted molar refractivity (Wildman–Crippen MR) is 133 cm³/mol. The number of carbonyl (C=O) groups is 5. The molecule has 12 N–H and O–H groups in total. The quantitative estimate of drug-likeness (QED) is 0.0414. The maximum atomic E-state index is 13.0. The molecule has 200 valence electrons. The van der Waals surface area contributed by atoms with E-state index in [1.807, 2.05) is 0 Å². The van der Waals surface area contributed by atoms with Crippen molar-refractivity contribution in [3.05, 3.63) is 0 Å². The molecule has 14 nitrogen and oxygen atoms in total. The molecule has 0 bridgehead atoms. The van der Waals surface area contributed by atoms with Gasteiger partial charge in [-0.05, 0) is 25.2 Å². The third kappa shape index (κ3) is 12.8. The minimum Gasteiger partial charge on any atom is -0.480 e. The van der Waals surface area contributed by atoms with Crippen LogP contribution in [0.15, 0.2) is 4.99 Å². The number of nitrogens with two attached hydrogens (primary N) is 4. The lowest BCUT2D eigenvalue weighted by molar-refractivity contribution is -0.144. The minimum atomic E-state index is -1.22. The third-order valence-electron chi connectivity index (χ3n) is 5.20. The number of amides is 4. The Morgan fingerprint density at radius 3 is 1.97 bits per heavy atom. The number of carbonyl (C=O) groups excluding carboxylic acids is 4. The number of aliphatic imine (C=N–C) groups is 1. The number of aliphatic carboxylic acids is 1. The molecule has 0 aromatic heterocycles. The van der Waals surface area contributed by atoms with Gasteiger partial charge in [-0.15, -0.1) is 0 Å². The third-order valence-corrected chi connectivity index (χ3v) is 5.59. The number of guanidine groups is 1. The van der Waals surface area contributed by atoms with Gasteiger partial charge in [0.15, 0.2) is 5.96 Å². The fraction of sp³-hybridized carbons (Fsp3) is 0.700. The second-order valence-corrected chi connectivity index (χ2v) is 8.44. The van der Waals surface area contributed by atoms with Crippen LogP contribution in [0, 0.1) is 5.92 Å². The monoisotopic (exact) mass is 518 g/mol. The molecular formula is C20H38N8O6S. The Balaban J connectivity index is 5.69. The van der Waals surface area contributed by atoms with Crippen LogP contribution in [0.2, 0.25) is 0 Å². The van der Waals surface area contributed by atoms with Crippen LogP contribution in [0.5, 0.6) is 0 Å². The van der Waals surface area contributed by atoms with Gasteiger partial charge in [0.1, 0.15) is 18.1 Å². The Labute approximate surface area is 209 Å². The first-order valence-electron chi connectivity index (χ1n) is 11.2. The van der Waals surface area contributed by atoms with E-state index >= 15 is 0 Å².